The second-order valence-corrected chi connectivity index (χ2v) is 6.30. The predicted octanol–water partition coefficient (Wildman–Crippen LogP) is 2.14. The lowest BCUT2D eigenvalue weighted by Crippen LogP contribution is -2.28. The van der Waals surface area contributed by atoms with Crippen molar-refractivity contribution in [2.45, 2.75) is 27.2 Å². The van der Waals surface area contributed by atoms with Crippen molar-refractivity contribution in [3.8, 4) is 0 Å². The van der Waals surface area contributed by atoms with Gasteiger partial charge in [-0.3, -0.25) is 19.3 Å². The van der Waals surface area contributed by atoms with Crippen LogP contribution in [0.25, 0.3) is 0 Å². The Balaban J connectivity index is 0.000000172. The summed E-state index contributed by atoms with van der Waals surface area (Å²) in [4.78, 5) is 35.1. The van der Waals surface area contributed by atoms with Gasteiger partial charge >= 0.3 is 5.97 Å². The maximum atomic E-state index is 11.7. The van der Waals surface area contributed by atoms with Crippen LogP contribution in [0.3, 0.4) is 0 Å². The third-order valence-corrected chi connectivity index (χ3v) is 4.87. The summed E-state index contributed by atoms with van der Waals surface area (Å²) >= 11 is 0. The number of imide groups is 1. The molecule has 2 heterocycles. The van der Waals surface area contributed by atoms with E-state index in [1.54, 1.807) is 7.05 Å². The standard InChI is InChI=1S/C10H11NO2.C6H8O2.CH4/c1-11-9(12)7-5-2-3-6(4-5)8(7)10(11)13;1-4-3-5(2)8-6(4)7;/h2-3,5-8H,4H2,1H3;4H,2-3H2,1H3;1H4. The first-order chi connectivity index (χ1) is 9.90. The second-order valence-electron chi connectivity index (χ2n) is 6.30. The van der Waals surface area contributed by atoms with Crippen molar-refractivity contribution in [1.29, 1.82) is 0 Å². The van der Waals surface area contributed by atoms with Gasteiger partial charge in [-0.1, -0.05) is 33.1 Å². The van der Waals surface area contributed by atoms with Crippen molar-refractivity contribution in [1.82, 2.24) is 4.90 Å². The molecule has 5 unspecified atom stereocenters. The number of nitrogens with zero attached hydrogens (tertiary/aromatic N) is 1. The number of hydrogen-bond acceptors (Lipinski definition) is 4. The minimum atomic E-state index is -0.144. The van der Waals surface area contributed by atoms with Crippen LogP contribution < -0.4 is 0 Å². The van der Waals surface area contributed by atoms with E-state index in [4.69, 9.17) is 0 Å². The third kappa shape index (κ3) is 2.38. The van der Waals surface area contributed by atoms with Crippen LogP contribution in [0.15, 0.2) is 24.5 Å². The normalized spacial score (nSPS) is 37.7. The van der Waals surface area contributed by atoms with E-state index >= 15 is 0 Å². The lowest BCUT2D eigenvalue weighted by molar-refractivity contribution is -0.139. The van der Waals surface area contributed by atoms with Crippen LogP contribution in [0.1, 0.15) is 27.2 Å². The first-order valence-electron chi connectivity index (χ1n) is 7.29. The molecule has 2 bridgehead atoms. The fourth-order valence-electron chi connectivity index (χ4n) is 3.76. The third-order valence-electron chi connectivity index (χ3n) is 4.87. The molecular formula is C17H23NO4. The average molecular weight is 305 g/mol. The molecular weight excluding hydrogens is 282 g/mol. The highest BCUT2D eigenvalue weighted by molar-refractivity contribution is 6.06. The summed E-state index contributed by atoms with van der Waals surface area (Å²) in [6, 6.07) is 0. The van der Waals surface area contributed by atoms with Gasteiger partial charge in [0.1, 0.15) is 5.76 Å². The summed E-state index contributed by atoms with van der Waals surface area (Å²) in [6.07, 6.45) is 5.92. The topological polar surface area (TPSA) is 63.7 Å². The van der Waals surface area contributed by atoms with Gasteiger partial charge in [-0.25, -0.2) is 0 Å². The molecule has 0 aromatic carbocycles. The number of hydrogen-bond donors (Lipinski definition) is 0. The van der Waals surface area contributed by atoms with Crippen molar-refractivity contribution in [2.24, 2.45) is 29.6 Å². The highest BCUT2D eigenvalue weighted by Crippen LogP contribution is 2.52. The van der Waals surface area contributed by atoms with Crippen LogP contribution in [0, 0.1) is 29.6 Å². The van der Waals surface area contributed by atoms with Gasteiger partial charge in [-0.2, -0.15) is 0 Å². The first-order valence-corrected chi connectivity index (χ1v) is 7.29. The molecule has 5 heteroatoms. The second kappa shape index (κ2) is 5.71. The van der Waals surface area contributed by atoms with Crippen molar-refractivity contribution in [3.63, 3.8) is 0 Å². The predicted molar refractivity (Wildman–Crippen MR) is 81.2 cm³/mol. The summed E-state index contributed by atoms with van der Waals surface area (Å²) in [7, 11) is 1.60. The van der Waals surface area contributed by atoms with Gasteiger partial charge in [0.15, 0.2) is 0 Å². The van der Waals surface area contributed by atoms with E-state index in [0.717, 1.165) is 6.42 Å². The van der Waals surface area contributed by atoms with Gasteiger partial charge in [0, 0.05) is 13.5 Å². The summed E-state index contributed by atoms with van der Waals surface area (Å²) < 4.78 is 4.64. The molecule has 0 spiro atoms. The molecule has 0 radical (unpaired) electrons. The molecule has 1 saturated carbocycles. The van der Waals surface area contributed by atoms with Gasteiger partial charge in [-0.05, 0) is 18.3 Å². The molecule has 5 nitrogen and oxygen atoms in total. The fourth-order valence-corrected chi connectivity index (χ4v) is 3.76. The number of rotatable bonds is 0. The van der Waals surface area contributed by atoms with Crippen LogP contribution in [0.4, 0.5) is 0 Å². The maximum absolute atomic E-state index is 11.7. The van der Waals surface area contributed by atoms with E-state index in [1.165, 1.54) is 4.90 Å². The molecule has 0 aromatic rings. The van der Waals surface area contributed by atoms with E-state index in [2.05, 4.69) is 23.5 Å². The number of esters is 1. The smallest absolute Gasteiger partial charge is 0.314 e. The Morgan fingerprint density at radius 3 is 1.95 bits per heavy atom. The van der Waals surface area contributed by atoms with Gasteiger partial charge < -0.3 is 4.74 Å². The molecule has 22 heavy (non-hydrogen) atoms. The monoisotopic (exact) mass is 305 g/mol. The molecule has 0 N–H and O–H groups in total. The van der Waals surface area contributed by atoms with Crippen molar-refractivity contribution < 1.29 is 19.1 Å². The summed E-state index contributed by atoms with van der Waals surface area (Å²) in [6.45, 7) is 5.35. The fraction of sp³-hybridized carbons (Fsp3) is 0.588. The van der Waals surface area contributed by atoms with Crippen molar-refractivity contribution >= 4 is 17.8 Å². The summed E-state index contributed by atoms with van der Waals surface area (Å²) in [5, 5.41) is 0. The molecule has 2 saturated heterocycles. The molecule has 3 fully saturated rings. The van der Waals surface area contributed by atoms with E-state index in [0.29, 0.717) is 24.0 Å². The molecule has 4 rings (SSSR count). The Kier molecular flexibility index (Phi) is 4.27. The Bertz CT molecular complexity index is 535. The van der Waals surface area contributed by atoms with E-state index in [-0.39, 0.29) is 43.0 Å². The molecule has 2 aliphatic heterocycles. The lowest BCUT2D eigenvalue weighted by Gasteiger charge is -2.14. The summed E-state index contributed by atoms with van der Waals surface area (Å²) in [5.74, 6) is 1.20. The van der Waals surface area contributed by atoms with Crippen molar-refractivity contribution in [2.75, 3.05) is 7.05 Å². The van der Waals surface area contributed by atoms with Crippen LogP contribution in [0.2, 0.25) is 0 Å². The number of amides is 2. The molecule has 120 valence electrons. The van der Waals surface area contributed by atoms with Crippen LogP contribution in [0.5, 0.6) is 0 Å². The Morgan fingerprint density at radius 1 is 1.14 bits per heavy atom. The number of fused-ring (bicyclic) bond motifs is 5. The molecule has 5 atom stereocenters. The first kappa shape index (κ1) is 16.5. The van der Waals surface area contributed by atoms with Gasteiger partial charge in [0.25, 0.3) is 0 Å². The zero-order valence-corrected chi connectivity index (χ0v) is 12.2. The number of allylic oxidation sites excluding steroid dienone is 3. The number of ether oxygens (including phenoxy) is 1. The molecule has 0 aromatic heterocycles. The SMILES string of the molecule is C.C=C1CC(C)C(=O)O1.CN1C(=O)C2C3C=CC(C3)C2C1=O. The van der Waals surface area contributed by atoms with Gasteiger partial charge in [0.05, 0.1) is 17.8 Å². The maximum Gasteiger partial charge on any atom is 0.314 e. The van der Waals surface area contributed by atoms with Gasteiger partial charge in [-0.15, -0.1) is 0 Å². The number of carbonyl (C=O) groups is 3. The van der Waals surface area contributed by atoms with Crippen LogP contribution in [-0.4, -0.2) is 29.7 Å². The van der Waals surface area contributed by atoms with Crippen LogP contribution in [-0.2, 0) is 19.1 Å². The molecule has 2 amide bonds. The highest BCUT2D eigenvalue weighted by atomic mass is 16.5. The lowest BCUT2D eigenvalue weighted by atomic mass is 9.85. The van der Waals surface area contributed by atoms with E-state index < -0.39 is 0 Å². The number of likely N-dealkylation sites (tertiary alicyclic amines) is 1. The van der Waals surface area contributed by atoms with Gasteiger partial charge in [0.2, 0.25) is 11.8 Å². The minimum absolute atomic E-state index is 0. The zero-order valence-electron chi connectivity index (χ0n) is 12.2. The minimum Gasteiger partial charge on any atom is -0.431 e. The number of carbonyl (C=O) groups excluding carboxylic acids is 3. The Hall–Kier alpha value is -1.91. The molecule has 4 aliphatic rings. The van der Waals surface area contributed by atoms with Crippen LogP contribution >= 0.6 is 0 Å². The van der Waals surface area contributed by atoms with E-state index in [1.807, 2.05) is 6.92 Å². The molecule has 2 aliphatic carbocycles. The summed E-state index contributed by atoms with van der Waals surface area (Å²) in [5.41, 5.74) is 0. The quantitative estimate of drug-likeness (QED) is 0.391. The van der Waals surface area contributed by atoms with Crippen molar-refractivity contribution in [3.05, 3.63) is 24.5 Å². The highest BCUT2D eigenvalue weighted by Gasteiger charge is 2.58. The zero-order chi connectivity index (χ0) is 15.3. The van der Waals surface area contributed by atoms with E-state index in [9.17, 15) is 14.4 Å². The Morgan fingerprint density at radius 2 is 1.64 bits per heavy atom. The average Bonchev–Trinajstić information content (AvgIpc) is 3.15. The largest absolute Gasteiger partial charge is 0.431 e. The Labute approximate surface area is 131 Å². The number of cyclic esters (lactones) is 1.